The summed E-state index contributed by atoms with van der Waals surface area (Å²) in [6.07, 6.45) is -2.72. The van der Waals surface area contributed by atoms with Crippen molar-refractivity contribution >= 4 is 17.4 Å². The summed E-state index contributed by atoms with van der Waals surface area (Å²) in [6, 6.07) is 3.07. The summed E-state index contributed by atoms with van der Waals surface area (Å²) < 4.78 is 37.7. The zero-order valence-corrected chi connectivity index (χ0v) is 12.5. The van der Waals surface area contributed by atoms with E-state index in [0.717, 1.165) is 17.1 Å². The second-order valence-electron chi connectivity index (χ2n) is 4.60. The molecule has 1 aromatic heterocycles. The summed E-state index contributed by atoms with van der Waals surface area (Å²) in [7, 11) is 0. The topological polar surface area (TPSA) is 54.0 Å². The molecule has 1 aromatic carbocycles. The van der Waals surface area contributed by atoms with E-state index in [0.29, 0.717) is 17.7 Å². The molecule has 0 unspecified atom stereocenters. The number of thiazole rings is 1. The number of urea groups is 1. The van der Waals surface area contributed by atoms with Gasteiger partial charge in [0.2, 0.25) is 0 Å². The zero-order valence-electron chi connectivity index (χ0n) is 11.7. The maximum atomic E-state index is 12.6. The number of carbonyl (C=O) groups is 1. The summed E-state index contributed by atoms with van der Waals surface area (Å²) >= 11 is 1.43. The van der Waals surface area contributed by atoms with Crippen molar-refractivity contribution in [1.82, 2.24) is 15.6 Å². The van der Waals surface area contributed by atoms with E-state index in [1.165, 1.54) is 17.4 Å². The SMILES string of the molecule is Cc1cc(C(F)(F)F)ccc1CNC(=O)NCc1nccs1. The molecule has 0 atom stereocenters. The molecule has 0 fully saturated rings. The van der Waals surface area contributed by atoms with Crippen LogP contribution in [0.4, 0.5) is 18.0 Å². The molecule has 0 radical (unpaired) electrons. The van der Waals surface area contributed by atoms with Crippen LogP contribution in [0.1, 0.15) is 21.7 Å². The molecule has 0 bridgehead atoms. The number of hydrogen-bond donors (Lipinski definition) is 2. The molecule has 0 saturated carbocycles. The molecule has 0 aliphatic carbocycles. The minimum Gasteiger partial charge on any atom is -0.334 e. The summed E-state index contributed by atoms with van der Waals surface area (Å²) in [5, 5.41) is 7.82. The highest BCUT2D eigenvalue weighted by molar-refractivity contribution is 7.09. The van der Waals surface area contributed by atoms with Gasteiger partial charge < -0.3 is 10.6 Å². The molecule has 4 nitrogen and oxygen atoms in total. The molecule has 0 aliphatic heterocycles. The summed E-state index contributed by atoms with van der Waals surface area (Å²) in [4.78, 5) is 15.6. The van der Waals surface area contributed by atoms with Gasteiger partial charge in [-0.3, -0.25) is 0 Å². The number of carbonyl (C=O) groups excluding carboxylic acids is 1. The highest BCUT2D eigenvalue weighted by Gasteiger charge is 2.30. The van der Waals surface area contributed by atoms with Crippen molar-refractivity contribution in [3.8, 4) is 0 Å². The lowest BCUT2D eigenvalue weighted by Crippen LogP contribution is -2.34. The number of aryl methyl sites for hydroxylation is 1. The minimum absolute atomic E-state index is 0.160. The van der Waals surface area contributed by atoms with E-state index in [1.54, 1.807) is 18.5 Å². The molecular formula is C14H14F3N3OS. The van der Waals surface area contributed by atoms with Gasteiger partial charge in [0.1, 0.15) is 5.01 Å². The summed E-state index contributed by atoms with van der Waals surface area (Å²) in [5.74, 6) is 0. The molecule has 22 heavy (non-hydrogen) atoms. The average molecular weight is 329 g/mol. The Morgan fingerprint density at radius 3 is 2.59 bits per heavy atom. The number of rotatable bonds is 4. The van der Waals surface area contributed by atoms with Crippen LogP contribution in [0.2, 0.25) is 0 Å². The predicted octanol–water partition coefficient (Wildman–Crippen LogP) is 3.47. The van der Waals surface area contributed by atoms with Crippen LogP contribution >= 0.6 is 11.3 Å². The summed E-state index contributed by atoms with van der Waals surface area (Å²) in [5.41, 5.74) is 0.425. The van der Waals surface area contributed by atoms with E-state index < -0.39 is 17.8 Å². The van der Waals surface area contributed by atoms with E-state index >= 15 is 0 Å². The van der Waals surface area contributed by atoms with Crippen molar-refractivity contribution in [2.24, 2.45) is 0 Å². The van der Waals surface area contributed by atoms with E-state index in [4.69, 9.17) is 0 Å². The Labute approximate surface area is 129 Å². The van der Waals surface area contributed by atoms with E-state index in [-0.39, 0.29) is 6.54 Å². The highest BCUT2D eigenvalue weighted by atomic mass is 32.1. The second-order valence-corrected chi connectivity index (χ2v) is 5.58. The maximum Gasteiger partial charge on any atom is 0.416 e. The largest absolute Gasteiger partial charge is 0.416 e. The normalized spacial score (nSPS) is 11.3. The van der Waals surface area contributed by atoms with Gasteiger partial charge in [0.25, 0.3) is 0 Å². The molecule has 2 N–H and O–H groups in total. The van der Waals surface area contributed by atoms with Gasteiger partial charge in [-0.05, 0) is 30.2 Å². The lowest BCUT2D eigenvalue weighted by Gasteiger charge is -2.12. The van der Waals surface area contributed by atoms with Crippen molar-refractivity contribution in [3.05, 3.63) is 51.5 Å². The van der Waals surface area contributed by atoms with Crippen molar-refractivity contribution in [3.63, 3.8) is 0 Å². The Morgan fingerprint density at radius 1 is 1.27 bits per heavy atom. The molecule has 2 amide bonds. The lowest BCUT2D eigenvalue weighted by atomic mass is 10.0. The zero-order chi connectivity index (χ0) is 16.2. The van der Waals surface area contributed by atoms with Crippen molar-refractivity contribution in [2.75, 3.05) is 0 Å². The van der Waals surface area contributed by atoms with Gasteiger partial charge in [-0.1, -0.05) is 6.07 Å². The second kappa shape index (κ2) is 6.78. The Balaban J connectivity index is 1.87. The lowest BCUT2D eigenvalue weighted by molar-refractivity contribution is -0.137. The number of hydrogen-bond acceptors (Lipinski definition) is 3. The van der Waals surface area contributed by atoms with E-state index in [2.05, 4.69) is 15.6 Å². The third-order valence-electron chi connectivity index (χ3n) is 2.99. The van der Waals surface area contributed by atoms with Crippen LogP contribution in [0.3, 0.4) is 0 Å². The maximum absolute atomic E-state index is 12.6. The monoisotopic (exact) mass is 329 g/mol. The smallest absolute Gasteiger partial charge is 0.334 e. The standard InChI is InChI=1S/C14H14F3N3OS/c1-9-6-11(14(15,16)17)3-2-10(9)7-19-13(21)20-8-12-18-4-5-22-12/h2-6H,7-8H2,1H3,(H2,19,20,21). The minimum atomic E-state index is -4.36. The molecular weight excluding hydrogens is 315 g/mol. The van der Waals surface area contributed by atoms with Crippen LogP contribution in [-0.4, -0.2) is 11.0 Å². The van der Waals surface area contributed by atoms with Gasteiger partial charge in [0.15, 0.2) is 0 Å². The summed E-state index contributed by atoms with van der Waals surface area (Å²) in [6.45, 7) is 2.06. The van der Waals surface area contributed by atoms with Gasteiger partial charge in [0.05, 0.1) is 12.1 Å². The fourth-order valence-corrected chi connectivity index (χ4v) is 2.36. The number of halogens is 3. The first kappa shape index (κ1) is 16.3. The molecule has 2 aromatic rings. The Hall–Kier alpha value is -2.09. The van der Waals surface area contributed by atoms with Crippen LogP contribution in [0.25, 0.3) is 0 Å². The van der Waals surface area contributed by atoms with Crippen LogP contribution in [0.5, 0.6) is 0 Å². The van der Waals surface area contributed by atoms with E-state index in [9.17, 15) is 18.0 Å². The molecule has 0 aliphatic rings. The van der Waals surface area contributed by atoms with Crippen LogP contribution in [0, 0.1) is 6.92 Å². The first-order chi connectivity index (χ1) is 10.4. The van der Waals surface area contributed by atoms with Crippen molar-refractivity contribution in [2.45, 2.75) is 26.2 Å². The predicted molar refractivity (Wildman–Crippen MR) is 77.4 cm³/mol. The number of benzene rings is 1. The quantitative estimate of drug-likeness (QED) is 0.902. The number of aromatic nitrogens is 1. The molecule has 118 valence electrons. The van der Waals surface area contributed by atoms with Crippen LogP contribution in [-0.2, 0) is 19.3 Å². The van der Waals surface area contributed by atoms with Crippen LogP contribution in [0.15, 0.2) is 29.8 Å². The molecule has 8 heteroatoms. The van der Waals surface area contributed by atoms with Crippen molar-refractivity contribution in [1.29, 1.82) is 0 Å². The van der Waals surface area contributed by atoms with Crippen LogP contribution < -0.4 is 10.6 Å². The average Bonchev–Trinajstić information content (AvgIpc) is 2.96. The fraction of sp³-hybridized carbons (Fsp3) is 0.286. The van der Waals surface area contributed by atoms with E-state index in [1.807, 2.05) is 0 Å². The Kier molecular flexibility index (Phi) is 5.02. The Morgan fingerprint density at radius 2 is 2.00 bits per heavy atom. The van der Waals surface area contributed by atoms with Gasteiger partial charge in [-0.2, -0.15) is 13.2 Å². The third-order valence-corrected chi connectivity index (χ3v) is 3.77. The first-order valence-electron chi connectivity index (χ1n) is 6.43. The number of nitrogens with one attached hydrogen (secondary N) is 2. The molecule has 1 heterocycles. The molecule has 2 rings (SSSR count). The third kappa shape index (κ3) is 4.45. The highest BCUT2D eigenvalue weighted by Crippen LogP contribution is 2.30. The van der Waals surface area contributed by atoms with Gasteiger partial charge in [-0.25, -0.2) is 9.78 Å². The molecule has 0 saturated heterocycles. The number of amides is 2. The Bertz CT molecular complexity index is 641. The number of nitrogens with zero attached hydrogens (tertiary/aromatic N) is 1. The molecule has 0 spiro atoms. The van der Waals surface area contributed by atoms with Gasteiger partial charge >= 0.3 is 12.2 Å². The fourth-order valence-electron chi connectivity index (χ4n) is 1.80. The number of alkyl halides is 3. The van der Waals surface area contributed by atoms with Gasteiger partial charge in [-0.15, -0.1) is 11.3 Å². The van der Waals surface area contributed by atoms with Crippen molar-refractivity contribution < 1.29 is 18.0 Å². The first-order valence-corrected chi connectivity index (χ1v) is 7.31. The van der Waals surface area contributed by atoms with Gasteiger partial charge in [0, 0.05) is 18.1 Å².